The van der Waals surface area contributed by atoms with Gasteiger partial charge in [0.1, 0.15) is 12.1 Å². The molecule has 3 N–H and O–H groups in total. The normalized spacial score (nSPS) is 28.5. The Kier molecular flexibility index (Phi) is 5.05. The van der Waals surface area contributed by atoms with Crippen LogP contribution in [0.3, 0.4) is 0 Å². The van der Waals surface area contributed by atoms with E-state index in [1.54, 1.807) is 0 Å². The van der Waals surface area contributed by atoms with Crippen molar-refractivity contribution in [3.8, 4) is 0 Å². The van der Waals surface area contributed by atoms with Crippen molar-refractivity contribution < 1.29 is 14.6 Å². The van der Waals surface area contributed by atoms with Gasteiger partial charge in [0, 0.05) is 0 Å². The van der Waals surface area contributed by atoms with Crippen molar-refractivity contribution >= 4 is 5.97 Å². The van der Waals surface area contributed by atoms with E-state index in [0.717, 1.165) is 25.7 Å². The summed E-state index contributed by atoms with van der Waals surface area (Å²) in [4.78, 5) is 11.3. The van der Waals surface area contributed by atoms with Crippen molar-refractivity contribution in [1.29, 1.82) is 0 Å². The first kappa shape index (κ1) is 12.5. The molecule has 0 heterocycles. The van der Waals surface area contributed by atoms with E-state index in [0.29, 0.717) is 5.92 Å². The summed E-state index contributed by atoms with van der Waals surface area (Å²) in [5.41, 5.74) is 5.38. The summed E-state index contributed by atoms with van der Waals surface area (Å²) in [7, 11) is 0. The molecule has 4 nitrogen and oxygen atoms in total. The second-order valence-corrected chi connectivity index (χ2v) is 4.29. The van der Waals surface area contributed by atoms with Crippen LogP contribution in [0.4, 0.5) is 0 Å². The lowest BCUT2D eigenvalue weighted by atomic mass is 9.85. The molecule has 0 spiro atoms. The molecule has 3 atom stereocenters. The quantitative estimate of drug-likeness (QED) is 0.681. The Morgan fingerprint density at radius 1 is 1.60 bits per heavy atom. The molecule has 4 heteroatoms. The molecular weight excluding hydrogens is 194 g/mol. The molecule has 1 saturated carbocycles. The van der Waals surface area contributed by atoms with Crippen molar-refractivity contribution in [2.24, 2.45) is 11.7 Å². The summed E-state index contributed by atoms with van der Waals surface area (Å²) in [5.74, 6) is 0.196. The predicted octanol–water partition coefficient (Wildman–Crippen LogP) is 0.818. The number of hydrogen-bond donors (Lipinski definition) is 2. The molecule has 0 aliphatic heterocycles. The summed E-state index contributed by atoms with van der Waals surface area (Å²) in [6.45, 7) is 1.82. The van der Waals surface area contributed by atoms with E-state index in [1.807, 2.05) is 0 Å². The molecule has 0 aromatic rings. The number of aliphatic hydroxyl groups is 1. The number of ether oxygens (including phenoxy) is 1. The predicted molar refractivity (Wildman–Crippen MR) is 57.2 cm³/mol. The molecule has 0 aromatic carbocycles. The Balaban J connectivity index is 2.34. The highest BCUT2D eigenvalue weighted by Gasteiger charge is 2.25. The standard InChI is InChI=1S/C11H21NO3/c1-2-8-4-3-5-9(6-8)15-11(14)10(12)7-13/h8-10,13H,2-7,12H2,1H3/t8?,9?,10-/m0/s1. The van der Waals surface area contributed by atoms with Gasteiger partial charge in [-0.3, -0.25) is 4.79 Å². The molecule has 88 valence electrons. The van der Waals surface area contributed by atoms with E-state index in [4.69, 9.17) is 15.6 Å². The van der Waals surface area contributed by atoms with Crippen LogP contribution in [0.5, 0.6) is 0 Å². The maximum absolute atomic E-state index is 11.3. The molecule has 1 rings (SSSR count). The lowest BCUT2D eigenvalue weighted by Gasteiger charge is -2.28. The fourth-order valence-corrected chi connectivity index (χ4v) is 2.05. The van der Waals surface area contributed by atoms with E-state index in [-0.39, 0.29) is 12.7 Å². The lowest BCUT2D eigenvalue weighted by Crippen LogP contribution is -2.38. The molecule has 0 saturated heterocycles. The zero-order chi connectivity index (χ0) is 11.3. The average Bonchev–Trinajstić information content (AvgIpc) is 2.28. The summed E-state index contributed by atoms with van der Waals surface area (Å²) >= 11 is 0. The van der Waals surface area contributed by atoms with Gasteiger partial charge in [0.25, 0.3) is 0 Å². The SMILES string of the molecule is CCC1CCCC(OC(=O)[C@@H](N)CO)C1. The third kappa shape index (κ3) is 3.80. The van der Waals surface area contributed by atoms with Crippen molar-refractivity contribution in [3.05, 3.63) is 0 Å². The second-order valence-electron chi connectivity index (χ2n) is 4.29. The zero-order valence-corrected chi connectivity index (χ0v) is 9.32. The van der Waals surface area contributed by atoms with Crippen LogP contribution < -0.4 is 5.73 Å². The van der Waals surface area contributed by atoms with Gasteiger partial charge >= 0.3 is 5.97 Å². The number of nitrogens with two attached hydrogens (primary N) is 1. The van der Waals surface area contributed by atoms with Gasteiger partial charge in [0.15, 0.2) is 0 Å². The van der Waals surface area contributed by atoms with Crippen molar-refractivity contribution in [3.63, 3.8) is 0 Å². The zero-order valence-electron chi connectivity index (χ0n) is 9.32. The number of carbonyl (C=O) groups is 1. The number of hydrogen-bond acceptors (Lipinski definition) is 4. The molecule has 0 radical (unpaired) electrons. The molecule has 15 heavy (non-hydrogen) atoms. The Morgan fingerprint density at radius 2 is 2.33 bits per heavy atom. The van der Waals surface area contributed by atoms with E-state index < -0.39 is 12.0 Å². The molecule has 1 fully saturated rings. The van der Waals surface area contributed by atoms with Crippen LogP contribution in [0.2, 0.25) is 0 Å². The first-order valence-corrected chi connectivity index (χ1v) is 5.74. The van der Waals surface area contributed by atoms with E-state index in [1.165, 1.54) is 6.42 Å². The van der Waals surface area contributed by atoms with Gasteiger partial charge in [-0.1, -0.05) is 19.8 Å². The molecular formula is C11H21NO3. The summed E-state index contributed by atoms with van der Waals surface area (Å²) in [6.07, 6.45) is 5.37. The fourth-order valence-electron chi connectivity index (χ4n) is 2.05. The van der Waals surface area contributed by atoms with Crippen LogP contribution in [0.15, 0.2) is 0 Å². The van der Waals surface area contributed by atoms with Crippen molar-refractivity contribution in [2.75, 3.05) is 6.61 Å². The molecule has 1 aliphatic carbocycles. The smallest absolute Gasteiger partial charge is 0.325 e. The van der Waals surface area contributed by atoms with E-state index >= 15 is 0 Å². The van der Waals surface area contributed by atoms with Gasteiger partial charge < -0.3 is 15.6 Å². The Morgan fingerprint density at radius 3 is 2.93 bits per heavy atom. The highest BCUT2D eigenvalue weighted by atomic mass is 16.5. The van der Waals surface area contributed by atoms with Gasteiger partial charge in [-0.2, -0.15) is 0 Å². The van der Waals surface area contributed by atoms with Crippen LogP contribution in [-0.2, 0) is 9.53 Å². The minimum Gasteiger partial charge on any atom is -0.461 e. The van der Waals surface area contributed by atoms with Crippen LogP contribution in [-0.4, -0.2) is 29.8 Å². The van der Waals surface area contributed by atoms with Crippen LogP contribution in [0.1, 0.15) is 39.0 Å². The van der Waals surface area contributed by atoms with E-state index in [2.05, 4.69) is 6.92 Å². The Labute approximate surface area is 90.8 Å². The summed E-state index contributed by atoms with van der Waals surface area (Å²) < 4.78 is 5.25. The molecule has 0 aromatic heterocycles. The summed E-state index contributed by atoms with van der Waals surface area (Å²) in [6, 6.07) is -0.882. The van der Waals surface area contributed by atoms with Crippen LogP contribution in [0, 0.1) is 5.92 Å². The molecule has 2 unspecified atom stereocenters. The van der Waals surface area contributed by atoms with Crippen molar-refractivity contribution in [2.45, 2.75) is 51.2 Å². The molecule has 1 aliphatic rings. The summed E-state index contributed by atoms with van der Waals surface area (Å²) in [5, 5.41) is 8.71. The number of esters is 1. The first-order chi connectivity index (χ1) is 7.17. The van der Waals surface area contributed by atoms with E-state index in [9.17, 15) is 4.79 Å². The largest absolute Gasteiger partial charge is 0.461 e. The topological polar surface area (TPSA) is 72.5 Å². The number of aliphatic hydroxyl groups excluding tert-OH is 1. The van der Waals surface area contributed by atoms with Gasteiger partial charge in [-0.05, 0) is 25.2 Å². The van der Waals surface area contributed by atoms with Gasteiger partial charge in [-0.15, -0.1) is 0 Å². The number of rotatable bonds is 4. The van der Waals surface area contributed by atoms with Crippen molar-refractivity contribution in [1.82, 2.24) is 0 Å². The molecule has 0 bridgehead atoms. The third-order valence-corrected chi connectivity index (χ3v) is 3.09. The highest BCUT2D eigenvalue weighted by Crippen LogP contribution is 2.28. The van der Waals surface area contributed by atoms with Gasteiger partial charge in [-0.25, -0.2) is 0 Å². The first-order valence-electron chi connectivity index (χ1n) is 5.74. The van der Waals surface area contributed by atoms with Gasteiger partial charge in [0.2, 0.25) is 0 Å². The monoisotopic (exact) mass is 215 g/mol. The average molecular weight is 215 g/mol. The minimum absolute atomic E-state index is 0.00815. The second kappa shape index (κ2) is 6.08. The third-order valence-electron chi connectivity index (χ3n) is 3.09. The lowest BCUT2D eigenvalue weighted by molar-refractivity contribution is -0.153. The fraction of sp³-hybridized carbons (Fsp3) is 0.909. The maximum Gasteiger partial charge on any atom is 0.325 e. The molecule has 0 amide bonds. The van der Waals surface area contributed by atoms with Crippen LogP contribution >= 0.6 is 0 Å². The maximum atomic E-state index is 11.3. The highest BCUT2D eigenvalue weighted by molar-refractivity contribution is 5.75. The van der Waals surface area contributed by atoms with Crippen LogP contribution in [0.25, 0.3) is 0 Å². The Hall–Kier alpha value is -0.610. The Bertz CT molecular complexity index is 208. The minimum atomic E-state index is -0.882. The van der Waals surface area contributed by atoms with Gasteiger partial charge in [0.05, 0.1) is 6.61 Å². The number of carbonyl (C=O) groups excluding carboxylic acids is 1.